The Morgan fingerprint density at radius 1 is 1.38 bits per heavy atom. The largest absolute Gasteiger partial charge is 0.323 e. The van der Waals surface area contributed by atoms with Crippen molar-refractivity contribution in [2.45, 2.75) is 71.1 Å². The van der Waals surface area contributed by atoms with Crippen LogP contribution in [0.25, 0.3) is 0 Å². The Morgan fingerprint density at radius 3 is 2.50 bits per heavy atom. The Labute approximate surface area is 98.6 Å². The second-order valence-electron chi connectivity index (χ2n) is 5.50. The zero-order valence-electron chi connectivity index (χ0n) is 10.7. The molecule has 2 aliphatic rings. The molecule has 1 saturated carbocycles. The maximum atomic E-state index is 12.4. The number of carbonyl (C=O) groups excluding carboxylic acids is 1. The summed E-state index contributed by atoms with van der Waals surface area (Å²) in [6.45, 7) is 6.41. The molecule has 0 radical (unpaired) electrons. The van der Waals surface area contributed by atoms with Crippen LogP contribution in [0.2, 0.25) is 0 Å². The first kappa shape index (κ1) is 11.9. The average molecular weight is 224 g/mol. The third kappa shape index (κ3) is 1.97. The first-order valence-corrected chi connectivity index (χ1v) is 6.73. The Bertz CT molecular complexity index is 259. The summed E-state index contributed by atoms with van der Waals surface area (Å²) >= 11 is 0. The number of hydrogen-bond acceptors (Lipinski definition) is 2. The van der Waals surface area contributed by atoms with Crippen molar-refractivity contribution in [2.75, 3.05) is 0 Å². The summed E-state index contributed by atoms with van der Waals surface area (Å²) in [6.07, 6.45) is 6.28. The van der Waals surface area contributed by atoms with Crippen molar-refractivity contribution in [2.24, 2.45) is 5.92 Å². The van der Waals surface area contributed by atoms with Crippen LogP contribution in [0.5, 0.6) is 0 Å². The summed E-state index contributed by atoms with van der Waals surface area (Å²) in [5, 5.41) is 3.49. The van der Waals surface area contributed by atoms with E-state index in [1.807, 2.05) is 0 Å². The molecule has 3 nitrogen and oxygen atoms in total. The normalized spacial score (nSPS) is 32.0. The van der Waals surface area contributed by atoms with Gasteiger partial charge < -0.3 is 4.90 Å². The van der Waals surface area contributed by atoms with Crippen LogP contribution in [-0.4, -0.2) is 29.1 Å². The quantitative estimate of drug-likeness (QED) is 0.796. The molecule has 1 saturated heterocycles. The zero-order valence-corrected chi connectivity index (χ0v) is 10.7. The predicted molar refractivity (Wildman–Crippen MR) is 64.9 cm³/mol. The van der Waals surface area contributed by atoms with E-state index in [0.717, 1.165) is 6.42 Å². The van der Waals surface area contributed by atoms with Gasteiger partial charge >= 0.3 is 0 Å². The fraction of sp³-hybridized carbons (Fsp3) is 0.923. The molecule has 1 heterocycles. The molecule has 0 aromatic carbocycles. The van der Waals surface area contributed by atoms with Gasteiger partial charge in [0.25, 0.3) is 0 Å². The van der Waals surface area contributed by atoms with Crippen molar-refractivity contribution < 1.29 is 4.79 Å². The predicted octanol–water partition coefficient (Wildman–Crippen LogP) is 2.12. The van der Waals surface area contributed by atoms with Crippen LogP contribution in [0.3, 0.4) is 0 Å². The Hall–Kier alpha value is -0.570. The summed E-state index contributed by atoms with van der Waals surface area (Å²) in [7, 11) is 0. The van der Waals surface area contributed by atoms with E-state index >= 15 is 0 Å². The second-order valence-corrected chi connectivity index (χ2v) is 5.50. The van der Waals surface area contributed by atoms with Crippen LogP contribution >= 0.6 is 0 Å². The highest BCUT2D eigenvalue weighted by molar-refractivity contribution is 5.85. The van der Waals surface area contributed by atoms with E-state index in [4.69, 9.17) is 0 Å². The van der Waals surface area contributed by atoms with Gasteiger partial charge in [0.2, 0.25) is 5.91 Å². The van der Waals surface area contributed by atoms with Crippen molar-refractivity contribution >= 4 is 5.91 Å². The lowest BCUT2D eigenvalue weighted by molar-refractivity contribution is -0.132. The average Bonchev–Trinajstić information content (AvgIpc) is 2.83. The van der Waals surface area contributed by atoms with Gasteiger partial charge in [-0.05, 0) is 25.2 Å². The maximum Gasteiger partial charge on any atom is 0.241 e. The van der Waals surface area contributed by atoms with Gasteiger partial charge in [-0.2, -0.15) is 0 Å². The maximum absolute atomic E-state index is 12.4. The van der Waals surface area contributed by atoms with Gasteiger partial charge in [-0.15, -0.1) is 0 Å². The Balaban J connectivity index is 2.12. The topological polar surface area (TPSA) is 32.3 Å². The third-order valence-corrected chi connectivity index (χ3v) is 4.00. The van der Waals surface area contributed by atoms with E-state index in [1.54, 1.807) is 0 Å². The molecular formula is C13H24N2O. The highest BCUT2D eigenvalue weighted by Crippen LogP contribution is 2.30. The highest BCUT2D eigenvalue weighted by atomic mass is 16.2. The van der Waals surface area contributed by atoms with Gasteiger partial charge in [0, 0.05) is 6.04 Å². The Kier molecular flexibility index (Phi) is 3.53. The summed E-state index contributed by atoms with van der Waals surface area (Å²) in [6, 6.07) is 0.555. The van der Waals surface area contributed by atoms with Crippen molar-refractivity contribution in [3.8, 4) is 0 Å². The van der Waals surface area contributed by atoms with Crippen molar-refractivity contribution in [1.82, 2.24) is 10.2 Å². The molecule has 0 bridgehead atoms. The van der Waals surface area contributed by atoms with Gasteiger partial charge in [0.1, 0.15) is 0 Å². The zero-order chi connectivity index (χ0) is 11.7. The van der Waals surface area contributed by atoms with Gasteiger partial charge in [0.05, 0.1) is 12.2 Å². The smallest absolute Gasteiger partial charge is 0.241 e. The fourth-order valence-electron chi connectivity index (χ4n) is 3.08. The molecule has 2 fully saturated rings. The number of hydrogen-bond donors (Lipinski definition) is 1. The molecule has 1 amide bonds. The van der Waals surface area contributed by atoms with E-state index in [9.17, 15) is 4.79 Å². The van der Waals surface area contributed by atoms with Gasteiger partial charge in [0.15, 0.2) is 0 Å². The number of amides is 1. The lowest BCUT2D eigenvalue weighted by atomic mass is 10.0. The van der Waals surface area contributed by atoms with E-state index in [0.29, 0.717) is 17.9 Å². The van der Waals surface area contributed by atoms with Crippen LogP contribution in [0.15, 0.2) is 0 Å². The molecule has 1 aliphatic carbocycles. The minimum Gasteiger partial charge on any atom is -0.323 e. The first-order chi connectivity index (χ1) is 7.65. The molecule has 1 aliphatic heterocycles. The van der Waals surface area contributed by atoms with E-state index in [-0.39, 0.29) is 12.2 Å². The molecule has 0 spiro atoms. The highest BCUT2D eigenvalue weighted by Gasteiger charge is 2.43. The molecule has 2 atom stereocenters. The molecule has 3 heteroatoms. The summed E-state index contributed by atoms with van der Waals surface area (Å²) in [5.74, 6) is 0.738. The van der Waals surface area contributed by atoms with Crippen molar-refractivity contribution in [3.63, 3.8) is 0 Å². The molecular weight excluding hydrogens is 200 g/mol. The van der Waals surface area contributed by atoms with Crippen molar-refractivity contribution in [1.29, 1.82) is 0 Å². The van der Waals surface area contributed by atoms with Crippen LogP contribution < -0.4 is 5.32 Å². The van der Waals surface area contributed by atoms with Crippen LogP contribution in [0.4, 0.5) is 0 Å². The molecule has 16 heavy (non-hydrogen) atoms. The minimum absolute atomic E-state index is 0.0468. The van der Waals surface area contributed by atoms with Crippen LogP contribution in [0.1, 0.15) is 52.9 Å². The Morgan fingerprint density at radius 2 is 2.00 bits per heavy atom. The molecule has 2 unspecified atom stereocenters. The van der Waals surface area contributed by atoms with E-state index in [2.05, 4.69) is 31.0 Å². The molecule has 1 N–H and O–H groups in total. The van der Waals surface area contributed by atoms with Gasteiger partial charge in [-0.1, -0.05) is 33.6 Å². The molecule has 0 aromatic heterocycles. The molecule has 0 aromatic rings. The van der Waals surface area contributed by atoms with Crippen molar-refractivity contribution in [3.05, 3.63) is 0 Å². The number of rotatable bonds is 3. The van der Waals surface area contributed by atoms with Gasteiger partial charge in [-0.3, -0.25) is 10.1 Å². The standard InChI is InChI=1S/C13H24N2O/c1-4-11-14-12(9(2)3)13(16)15(11)10-7-5-6-8-10/h9-12,14H,4-8H2,1-3H3. The molecule has 2 rings (SSSR count). The van der Waals surface area contributed by atoms with Gasteiger partial charge in [-0.25, -0.2) is 0 Å². The fourth-order valence-corrected chi connectivity index (χ4v) is 3.08. The number of nitrogens with one attached hydrogen (secondary N) is 1. The first-order valence-electron chi connectivity index (χ1n) is 6.73. The monoisotopic (exact) mass is 224 g/mol. The van der Waals surface area contributed by atoms with Crippen LogP contribution in [0, 0.1) is 5.92 Å². The lowest BCUT2D eigenvalue weighted by Crippen LogP contribution is -2.43. The molecule has 92 valence electrons. The second kappa shape index (κ2) is 4.74. The number of carbonyl (C=O) groups is 1. The SMILES string of the molecule is CCC1NC(C(C)C)C(=O)N1C1CCCC1. The summed E-state index contributed by atoms with van der Waals surface area (Å²) in [4.78, 5) is 14.5. The number of nitrogens with zero attached hydrogens (tertiary/aromatic N) is 1. The summed E-state index contributed by atoms with van der Waals surface area (Å²) < 4.78 is 0. The van der Waals surface area contributed by atoms with E-state index in [1.165, 1.54) is 25.7 Å². The third-order valence-electron chi connectivity index (χ3n) is 4.00. The lowest BCUT2D eigenvalue weighted by Gasteiger charge is -2.29. The minimum atomic E-state index is 0.0468. The van der Waals surface area contributed by atoms with Crippen LogP contribution in [-0.2, 0) is 4.79 Å². The van der Waals surface area contributed by atoms with E-state index < -0.39 is 0 Å². The summed E-state index contributed by atoms with van der Waals surface area (Å²) in [5.41, 5.74) is 0.